The van der Waals surface area contributed by atoms with Gasteiger partial charge < -0.3 is 10.5 Å². The Morgan fingerprint density at radius 2 is 2.03 bits per heavy atom. The van der Waals surface area contributed by atoms with Gasteiger partial charge in [0, 0.05) is 17.7 Å². The summed E-state index contributed by atoms with van der Waals surface area (Å²) in [5, 5.41) is 0.382. The molecule has 6 nitrogen and oxygen atoms in total. The number of amidine groups is 1. The SMILES string of the molecule is C.C[C@@]1(c2cc(CC(=O)c3cnc(OCC(F)(F)F)cn3)ccc2F)CCSC(N)=N1. The molecule has 0 radical (unpaired) electrons. The fraction of sp³-hybridized carbons (Fsp3) is 0.400. The van der Waals surface area contributed by atoms with Gasteiger partial charge in [-0.15, -0.1) is 0 Å². The van der Waals surface area contributed by atoms with Gasteiger partial charge in [0.25, 0.3) is 0 Å². The fourth-order valence-corrected chi connectivity index (χ4v) is 3.92. The highest BCUT2D eigenvalue weighted by Crippen LogP contribution is 2.36. The van der Waals surface area contributed by atoms with E-state index in [4.69, 9.17) is 5.73 Å². The van der Waals surface area contributed by atoms with Gasteiger partial charge in [-0.05, 0) is 31.0 Å². The molecule has 1 atom stereocenters. The Kier molecular flexibility index (Phi) is 7.63. The Balaban J connectivity index is 0.00000341. The molecule has 0 spiro atoms. The molecule has 0 aliphatic carbocycles. The quantitative estimate of drug-likeness (QED) is 0.513. The van der Waals surface area contributed by atoms with E-state index < -0.39 is 29.9 Å². The molecule has 0 bridgehead atoms. The van der Waals surface area contributed by atoms with Crippen LogP contribution < -0.4 is 10.5 Å². The first-order valence-corrected chi connectivity index (χ1v) is 9.86. The summed E-state index contributed by atoms with van der Waals surface area (Å²) < 4.78 is 55.4. The average molecular weight is 458 g/mol. The number of ketones is 1. The maximum atomic E-state index is 14.5. The van der Waals surface area contributed by atoms with E-state index in [9.17, 15) is 22.4 Å². The lowest BCUT2D eigenvalue weighted by atomic mass is 9.87. The zero-order valence-electron chi connectivity index (χ0n) is 15.9. The Bertz CT molecular complexity index is 967. The molecule has 11 heteroatoms. The third-order valence-corrected chi connectivity index (χ3v) is 5.26. The molecule has 1 aliphatic heterocycles. The number of alkyl halides is 3. The van der Waals surface area contributed by atoms with Crippen molar-refractivity contribution in [1.29, 1.82) is 0 Å². The summed E-state index contributed by atoms with van der Waals surface area (Å²) >= 11 is 1.40. The molecular weight excluding hydrogens is 436 g/mol. The summed E-state index contributed by atoms with van der Waals surface area (Å²) in [6.07, 6.45) is -2.00. The molecule has 0 saturated carbocycles. The number of aromatic nitrogens is 2. The van der Waals surface area contributed by atoms with Crippen LogP contribution in [0.15, 0.2) is 35.6 Å². The van der Waals surface area contributed by atoms with Crippen LogP contribution in [-0.2, 0) is 12.0 Å². The number of rotatable bonds is 6. The van der Waals surface area contributed by atoms with E-state index in [0.717, 1.165) is 12.4 Å². The van der Waals surface area contributed by atoms with E-state index in [-0.39, 0.29) is 25.4 Å². The Hall–Kier alpha value is -2.69. The normalized spacial score (nSPS) is 18.7. The first-order chi connectivity index (χ1) is 14.1. The Morgan fingerprint density at radius 3 is 2.65 bits per heavy atom. The van der Waals surface area contributed by atoms with Crippen LogP contribution in [0.5, 0.6) is 5.88 Å². The molecule has 1 aromatic heterocycles. The summed E-state index contributed by atoms with van der Waals surface area (Å²) in [5.41, 5.74) is 5.83. The topological polar surface area (TPSA) is 90.5 Å². The van der Waals surface area contributed by atoms with Crippen molar-refractivity contribution in [2.45, 2.75) is 38.9 Å². The van der Waals surface area contributed by atoms with E-state index in [2.05, 4.69) is 19.7 Å². The number of Topliss-reactive ketones (excluding diaryl/α,β-unsaturated/α-hetero) is 1. The monoisotopic (exact) mass is 458 g/mol. The number of carbonyl (C=O) groups excluding carboxylic acids is 1. The average Bonchev–Trinajstić information content (AvgIpc) is 2.67. The second-order valence-electron chi connectivity index (χ2n) is 6.88. The number of nitrogens with two attached hydrogens (primary N) is 1. The number of aliphatic imine (C=N–C) groups is 1. The van der Waals surface area contributed by atoms with Crippen LogP contribution in [0.3, 0.4) is 0 Å². The second kappa shape index (κ2) is 9.63. The second-order valence-corrected chi connectivity index (χ2v) is 8.00. The molecule has 2 heterocycles. The van der Waals surface area contributed by atoms with E-state index in [1.165, 1.54) is 23.9 Å². The summed E-state index contributed by atoms with van der Waals surface area (Å²) in [6.45, 7) is 0.284. The Morgan fingerprint density at radius 1 is 1.29 bits per heavy atom. The molecule has 3 rings (SSSR count). The maximum absolute atomic E-state index is 14.5. The maximum Gasteiger partial charge on any atom is 0.422 e. The van der Waals surface area contributed by atoms with Crippen molar-refractivity contribution in [3.63, 3.8) is 0 Å². The zero-order valence-corrected chi connectivity index (χ0v) is 16.7. The largest absolute Gasteiger partial charge is 0.467 e. The lowest BCUT2D eigenvalue weighted by molar-refractivity contribution is -0.154. The van der Waals surface area contributed by atoms with Crippen molar-refractivity contribution in [1.82, 2.24) is 9.97 Å². The number of carbonyl (C=O) groups is 1. The summed E-state index contributed by atoms with van der Waals surface area (Å²) in [7, 11) is 0. The number of hydrogen-bond donors (Lipinski definition) is 1. The molecule has 1 aliphatic rings. The van der Waals surface area contributed by atoms with Crippen LogP contribution in [0, 0.1) is 5.82 Å². The number of benzene rings is 1. The molecular formula is C20H22F4N4O2S. The summed E-state index contributed by atoms with van der Waals surface area (Å²) in [4.78, 5) is 24.3. The van der Waals surface area contributed by atoms with E-state index >= 15 is 0 Å². The predicted molar refractivity (Wildman–Crippen MR) is 111 cm³/mol. The molecule has 0 saturated heterocycles. The minimum Gasteiger partial charge on any atom is -0.467 e. The third kappa shape index (κ3) is 6.39. The van der Waals surface area contributed by atoms with Crippen LogP contribution in [0.2, 0.25) is 0 Å². The van der Waals surface area contributed by atoms with Crippen molar-refractivity contribution in [3.8, 4) is 5.88 Å². The van der Waals surface area contributed by atoms with Crippen LogP contribution in [0.4, 0.5) is 17.6 Å². The van der Waals surface area contributed by atoms with Crippen LogP contribution in [-0.4, -0.2) is 39.5 Å². The standard InChI is InChI=1S/C19H18F4N4O2S.CH4/c1-18(4-5-30-17(24)27-18)12-6-11(2-3-13(12)20)7-15(28)14-8-26-16(9-25-14)29-10-19(21,22)23;/h2-3,6,8-9H,4-5,7,10H2,1H3,(H2,24,27);1H4/t18-;/m0./s1. The number of ether oxygens (including phenoxy) is 1. The van der Waals surface area contributed by atoms with Gasteiger partial charge in [-0.3, -0.25) is 9.79 Å². The van der Waals surface area contributed by atoms with E-state index in [1.807, 2.05) is 0 Å². The minimum atomic E-state index is -4.50. The van der Waals surface area contributed by atoms with Crippen molar-refractivity contribution in [3.05, 3.63) is 53.2 Å². The van der Waals surface area contributed by atoms with E-state index in [1.54, 1.807) is 13.0 Å². The van der Waals surface area contributed by atoms with Gasteiger partial charge in [-0.2, -0.15) is 13.2 Å². The smallest absolute Gasteiger partial charge is 0.422 e. The highest BCUT2D eigenvalue weighted by Gasteiger charge is 2.32. The molecule has 0 fully saturated rings. The predicted octanol–water partition coefficient (Wildman–Crippen LogP) is 4.29. The Labute approximate surface area is 181 Å². The van der Waals surface area contributed by atoms with Gasteiger partial charge in [0.2, 0.25) is 5.88 Å². The number of hydrogen-bond acceptors (Lipinski definition) is 7. The zero-order chi connectivity index (χ0) is 21.9. The van der Waals surface area contributed by atoms with Crippen molar-refractivity contribution in [2.75, 3.05) is 12.4 Å². The molecule has 2 N–H and O–H groups in total. The lowest BCUT2D eigenvalue weighted by Gasteiger charge is -2.30. The number of nitrogens with zero attached hydrogens (tertiary/aromatic N) is 3. The summed E-state index contributed by atoms with van der Waals surface area (Å²) in [6, 6.07) is 4.34. The first kappa shape index (κ1) is 24.6. The van der Waals surface area contributed by atoms with Gasteiger partial charge >= 0.3 is 6.18 Å². The summed E-state index contributed by atoms with van der Waals surface area (Å²) in [5.74, 6) is -0.503. The first-order valence-electron chi connectivity index (χ1n) is 8.87. The molecule has 31 heavy (non-hydrogen) atoms. The number of halogens is 4. The van der Waals surface area contributed by atoms with Gasteiger partial charge in [-0.1, -0.05) is 25.3 Å². The van der Waals surface area contributed by atoms with Gasteiger partial charge in [0.1, 0.15) is 11.5 Å². The van der Waals surface area contributed by atoms with Gasteiger partial charge in [-0.25, -0.2) is 14.4 Å². The highest BCUT2D eigenvalue weighted by molar-refractivity contribution is 8.13. The van der Waals surface area contributed by atoms with E-state index in [0.29, 0.717) is 28.5 Å². The van der Waals surface area contributed by atoms with Crippen LogP contribution in [0.1, 0.15) is 42.4 Å². The van der Waals surface area contributed by atoms with Crippen LogP contribution in [0.25, 0.3) is 0 Å². The van der Waals surface area contributed by atoms with Crippen molar-refractivity contribution in [2.24, 2.45) is 10.7 Å². The van der Waals surface area contributed by atoms with Crippen LogP contribution >= 0.6 is 11.8 Å². The van der Waals surface area contributed by atoms with Crippen molar-refractivity contribution >= 4 is 22.7 Å². The number of thioether (sulfide) groups is 1. The molecule has 1 aromatic carbocycles. The third-order valence-electron chi connectivity index (χ3n) is 4.47. The van der Waals surface area contributed by atoms with Gasteiger partial charge in [0.15, 0.2) is 17.6 Å². The molecule has 168 valence electrons. The lowest BCUT2D eigenvalue weighted by Crippen LogP contribution is -2.29. The molecule has 0 unspecified atom stereocenters. The van der Waals surface area contributed by atoms with Gasteiger partial charge in [0.05, 0.1) is 17.9 Å². The molecule has 0 amide bonds. The fourth-order valence-electron chi connectivity index (χ4n) is 2.94. The highest BCUT2D eigenvalue weighted by atomic mass is 32.2. The minimum absolute atomic E-state index is 0. The molecule has 2 aromatic rings. The van der Waals surface area contributed by atoms with Crippen molar-refractivity contribution < 1.29 is 27.1 Å².